The lowest BCUT2D eigenvalue weighted by molar-refractivity contribution is 0.102. The largest absolute Gasteiger partial charge is 0.497 e. The number of benzene rings is 1. The quantitative estimate of drug-likeness (QED) is 0.804. The molecule has 7 heteroatoms. The molecule has 112 valence electrons. The lowest BCUT2D eigenvalue weighted by Crippen LogP contribution is -2.26. The first-order chi connectivity index (χ1) is 10.6. The molecule has 0 aliphatic heterocycles. The molecule has 0 atom stereocenters. The van der Waals surface area contributed by atoms with Gasteiger partial charge in [0, 0.05) is 13.2 Å². The minimum absolute atomic E-state index is 0.0850. The highest BCUT2D eigenvalue weighted by atomic mass is 32.1. The van der Waals surface area contributed by atoms with Crippen molar-refractivity contribution in [3.05, 3.63) is 52.4 Å². The number of thiazole rings is 1. The summed E-state index contributed by atoms with van der Waals surface area (Å²) in [6, 6.07) is 8.63. The van der Waals surface area contributed by atoms with Crippen molar-refractivity contribution in [1.82, 2.24) is 9.55 Å². The van der Waals surface area contributed by atoms with E-state index in [0.717, 1.165) is 16.0 Å². The van der Waals surface area contributed by atoms with E-state index in [-0.39, 0.29) is 11.1 Å². The summed E-state index contributed by atoms with van der Waals surface area (Å²) in [6.45, 7) is 0. The van der Waals surface area contributed by atoms with Gasteiger partial charge in [-0.15, -0.1) is 0 Å². The number of ether oxygens (including phenoxy) is 1. The topological polar surface area (TPSA) is 73.2 Å². The maximum atomic E-state index is 12.2. The zero-order valence-corrected chi connectivity index (χ0v) is 12.8. The Kier molecular flexibility index (Phi) is 3.64. The van der Waals surface area contributed by atoms with E-state index in [9.17, 15) is 9.59 Å². The Morgan fingerprint density at radius 1 is 1.36 bits per heavy atom. The number of nitrogens with zero attached hydrogens (tertiary/aromatic N) is 2. The third-order valence-electron chi connectivity index (χ3n) is 3.18. The molecule has 0 aliphatic rings. The van der Waals surface area contributed by atoms with Crippen LogP contribution in [0.4, 0.5) is 5.13 Å². The van der Waals surface area contributed by atoms with Crippen LogP contribution in [0.5, 0.6) is 5.75 Å². The van der Waals surface area contributed by atoms with Crippen LogP contribution in [0.3, 0.4) is 0 Å². The fraction of sp³-hybridized carbons (Fsp3) is 0.133. The van der Waals surface area contributed by atoms with Gasteiger partial charge in [-0.1, -0.05) is 11.3 Å². The van der Waals surface area contributed by atoms with Crippen molar-refractivity contribution in [2.24, 2.45) is 7.05 Å². The molecule has 2 heterocycles. The summed E-state index contributed by atoms with van der Waals surface area (Å²) in [7, 11) is 3.19. The Morgan fingerprint density at radius 3 is 2.95 bits per heavy atom. The first-order valence-corrected chi connectivity index (χ1v) is 7.31. The molecular formula is C15H13N3O3S. The third-order valence-corrected chi connectivity index (χ3v) is 4.12. The highest BCUT2D eigenvalue weighted by Gasteiger charge is 2.14. The number of aryl methyl sites for hydroxylation is 1. The number of methoxy groups -OCH3 is 1. The molecule has 0 unspecified atom stereocenters. The number of fused-ring (bicyclic) bond motifs is 1. The molecule has 0 saturated carbocycles. The van der Waals surface area contributed by atoms with Crippen LogP contribution in [0.2, 0.25) is 0 Å². The number of aromatic nitrogens is 2. The van der Waals surface area contributed by atoms with Crippen LogP contribution >= 0.6 is 11.3 Å². The molecule has 1 aromatic carbocycles. The number of pyridine rings is 1. The van der Waals surface area contributed by atoms with Gasteiger partial charge in [0.2, 0.25) is 0 Å². The van der Waals surface area contributed by atoms with Gasteiger partial charge in [0.15, 0.2) is 5.13 Å². The summed E-state index contributed by atoms with van der Waals surface area (Å²) < 4.78 is 7.42. The number of hydrogen-bond donors (Lipinski definition) is 1. The van der Waals surface area contributed by atoms with Crippen molar-refractivity contribution < 1.29 is 9.53 Å². The van der Waals surface area contributed by atoms with Crippen molar-refractivity contribution in [3.8, 4) is 5.75 Å². The normalized spacial score (nSPS) is 10.6. The van der Waals surface area contributed by atoms with E-state index in [0.29, 0.717) is 5.13 Å². The molecular weight excluding hydrogens is 302 g/mol. The van der Waals surface area contributed by atoms with E-state index in [1.165, 1.54) is 22.0 Å². The minimum Gasteiger partial charge on any atom is -0.497 e. The second-order valence-corrected chi connectivity index (χ2v) is 5.68. The van der Waals surface area contributed by atoms with Gasteiger partial charge in [-0.3, -0.25) is 14.9 Å². The van der Waals surface area contributed by atoms with Crippen LogP contribution in [-0.2, 0) is 7.05 Å². The molecule has 1 amide bonds. The monoisotopic (exact) mass is 315 g/mol. The lowest BCUT2D eigenvalue weighted by atomic mass is 10.2. The van der Waals surface area contributed by atoms with Crippen LogP contribution < -0.4 is 15.6 Å². The average Bonchev–Trinajstić information content (AvgIpc) is 2.90. The van der Waals surface area contributed by atoms with Crippen molar-refractivity contribution in [2.75, 3.05) is 12.4 Å². The summed E-state index contributed by atoms with van der Waals surface area (Å²) in [4.78, 5) is 28.5. The van der Waals surface area contributed by atoms with Crippen molar-refractivity contribution >= 4 is 32.6 Å². The van der Waals surface area contributed by atoms with Crippen LogP contribution in [0.15, 0.2) is 41.3 Å². The van der Waals surface area contributed by atoms with Gasteiger partial charge in [-0.05, 0) is 30.3 Å². The number of rotatable bonds is 3. The standard InChI is InChI=1S/C15H13N3O3S/c1-18-7-3-4-10(14(18)20)13(19)17-15-16-11-6-5-9(21-2)8-12(11)22-15/h3-8H,1-2H3,(H,16,17,19). The van der Waals surface area contributed by atoms with Crippen molar-refractivity contribution in [2.45, 2.75) is 0 Å². The summed E-state index contributed by atoms with van der Waals surface area (Å²) in [6.07, 6.45) is 1.60. The summed E-state index contributed by atoms with van der Waals surface area (Å²) in [5, 5.41) is 3.11. The molecule has 2 aromatic heterocycles. The number of anilines is 1. The maximum Gasteiger partial charge on any atom is 0.263 e. The van der Waals surface area contributed by atoms with E-state index in [4.69, 9.17) is 4.74 Å². The molecule has 3 aromatic rings. The fourth-order valence-corrected chi connectivity index (χ4v) is 2.91. The summed E-state index contributed by atoms with van der Waals surface area (Å²) in [5.41, 5.74) is 0.506. The van der Waals surface area contributed by atoms with Crippen LogP contribution in [0.1, 0.15) is 10.4 Å². The van der Waals surface area contributed by atoms with Gasteiger partial charge in [-0.25, -0.2) is 4.98 Å². The Bertz CT molecular complexity index is 914. The van der Waals surface area contributed by atoms with E-state index < -0.39 is 5.91 Å². The van der Waals surface area contributed by atoms with Gasteiger partial charge in [0.1, 0.15) is 11.3 Å². The first-order valence-electron chi connectivity index (χ1n) is 6.50. The predicted molar refractivity (Wildman–Crippen MR) is 85.8 cm³/mol. The van der Waals surface area contributed by atoms with Crippen LogP contribution in [0.25, 0.3) is 10.2 Å². The van der Waals surface area contributed by atoms with Gasteiger partial charge in [0.05, 0.1) is 17.3 Å². The van der Waals surface area contributed by atoms with Gasteiger partial charge < -0.3 is 9.30 Å². The third kappa shape index (κ3) is 2.58. The van der Waals surface area contributed by atoms with E-state index in [1.54, 1.807) is 32.5 Å². The second kappa shape index (κ2) is 5.61. The van der Waals surface area contributed by atoms with E-state index in [1.807, 2.05) is 12.1 Å². The lowest BCUT2D eigenvalue weighted by Gasteiger charge is -2.02. The van der Waals surface area contributed by atoms with Crippen molar-refractivity contribution in [1.29, 1.82) is 0 Å². The molecule has 0 spiro atoms. The molecule has 0 saturated heterocycles. The van der Waals surface area contributed by atoms with Gasteiger partial charge >= 0.3 is 0 Å². The molecule has 6 nitrogen and oxygen atoms in total. The van der Waals surface area contributed by atoms with Crippen molar-refractivity contribution in [3.63, 3.8) is 0 Å². The smallest absolute Gasteiger partial charge is 0.263 e. The van der Waals surface area contributed by atoms with E-state index >= 15 is 0 Å². The molecule has 1 N–H and O–H groups in total. The number of amides is 1. The highest BCUT2D eigenvalue weighted by molar-refractivity contribution is 7.22. The molecule has 0 bridgehead atoms. The number of nitrogens with one attached hydrogen (secondary N) is 1. The Morgan fingerprint density at radius 2 is 2.18 bits per heavy atom. The van der Waals surface area contributed by atoms with Crippen LogP contribution in [0, 0.1) is 0 Å². The number of hydrogen-bond acceptors (Lipinski definition) is 5. The number of carbonyl (C=O) groups excluding carboxylic acids is 1. The summed E-state index contributed by atoms with van der Waals surface area (Å²) >= 11 is 1.33. The predicted octanol–water partition coefficient (Wildman–Crippen LogP) is 2.26. The molecule has 0 fully saturated rings. The summed E-state index contributed by atoms with van der Waals surface area (Å²) in [5.74, 6) is 0.262. The zero-order valence-electron chi connectivity index (χ0n) is 12.0. The fourth-order valence-electron chi connectivity index (χ4n) is 2.02. The Hall–Kier alpha value is -2.67. The maximum absolute atomic E-state index is 12.2. The van der Waals surface area contributed by atoms with Gasteiger partial charge in [-0.2, -0.15) is 0 Å². The SMILES string of the molecule is COc1ccc2nc(NC(=O)c3cccn(C)c3=O)sc2c1. The number of carbonyl (C=O) groups is 1. The average molecular weight is 315 g/mol. The molecule has 3 rings (SSSR count). The minimum atomic E-state index is -0.466. The molecule has 22 heavy (non-hydrogen) atoms. The first kappa shape index (κ1) is 14.3. The molecule has 0 aliphatic carbocycles. The Labute approximate surface area is 130 Å². The second-order valence-electron chi connectivity index (χ2n) is 4.64. The van der Waals surface area contributed by atoms with Gasteiger partial charge in [0.25, 0.3) is 11.5 Å². The molecule has 0 radical (unpaired) electrons. The highest BCUT2D eigenvalue weighted by Crippen LogP contribution is 2.29. The zero-order chi connectivity index (χ0) is 15.7. The van der Waals surface area contributed by atoms with Crippen LogP contribution in [-0.4, -0.2) is 22.6 Å². The van der Waals surface area contributed by atoms with E-state index in [2.05, 4.69) is 10.3 Å². The Balaban J connectivity index is 1.91.